The van der Waals surface area contributed by atoms with E-state index in [0.29, 0.717) is 25.2 Å². The second kappa shape index (κ2) is 9.56. The Balaban J connectivity index is 0.00000380. The van der Waals surface area contributed by atoms with Gasteiger partial charge in [-0.3, -0.25) is 19.2 Å². The van der Waals surface area contributed by atoms with E-state index in [0.717, 1.165) is 25.7 Å². The maximum absolute atomic E-state index is 13.2. The molecule has 3 fully saturated rings. The zero-order chi connectivity index (χ0) is 26.9. The zero-order valence-corrected chi connectivity index (χ0v) is 21.6. The normalized spacial score (nSPS) is 42.0. The van der Waals surface area contributed by atoms with Crippen LogP contribution in [0.2, 0.25) is 0 Å². The molecule has 0 saturated heterocycles. The van der Waals surface area contributed by atoms with Gasteiger partial charge in [0.2, 0.25) is 5.78 Å². The van der Waals surface area contributed by atoms with E-state index < -0.39 is 48.1 Å². The second-order valence-electron chi connectivity index (χ2n) is 10.4. The molecule has 3 saturated carbocycles. The van der Waals surface area contributed by atoms with Crippen LogP contribution in [0.5, 0.6) is 0 Å². The number of carboxylic acids is 1. The number of ether oxygens (including phenoxy) is 1. The molecule has 8 heteroatoms. The van der Waals surface area contributed by atoms with Crippen LogP contribution >= 0.6 is 0 Å². The maximum Gasteiger partial charge on any atom is 0.306 e. The van der Waals surface area contributed by atoms with Gasteiger partial charge in [0.05, 0.1) is 12.7 Å². The Labute approximate surface area is 222 Å². The average molecular weight is 474 g/mol. The minimum Gasteiger partial charge on any atom is -0.481 e. The number of carbonyl (C=O) groups is 4. The first-order valence-electron chi connectivity index (χ1n) is 13.4. The first-order chi connectivity index (χ1) is 16.5. The van der Waals surface area contributed by atoms with Crippen molar-refractivity contribution in [2.75, 3.05) is 6.61 Å². The Hall–Kier alpha value is -1.02. The van der Waals surface area contributed by atoms with Crippen molar-refractivity contribution in [3.63, 3.8) is 0 Å². The first kappa shape index (κ1) is 21.3. The van der Waals surface area contributed by atoms with Gasteiger partial charge in [0.25, 0.3) is 0 Å². The van der Waals surface area contributed by atoms with E-state index in [2.05, 4.69) is 6.92 Å². The zero-order valence-electron chi connectivity index (χ0n) is 23.6. The summed E-state index contributed by atoms with van der Waals surface area (Å²) in [5, 5.41) is 20.6. The number of carboxylic acid groups (broad SMARTS) is 1. The first-order valence-corrected chi connectivity index (χ1v) is 11.4. The topological polar surface area (TPSA) is 118 Å². The van der Waals surface area contributed by atoms with E-state index in [1.807, 2.05) is 13.0 Å². The molecule has 4 aliphatic carbocycles. The quantitative estimate of drug-likeness (QED) is 0.450. The molecular formula is C25H34NaO7. The van der Waals surface area contributed by atoms with Crippen LogP contribution in [0.3, 0.4) is 0 Å². The largest absolute Gasteiger partial charge is 0.481 e. The van der Waals surface area contributed by atoms with Crippen LogP contribution in [0.25, 0.3) is 0 Å². The molecule has 1 radical (unpaired) electrons. The Morgan fingerprint density at radius 2 is 1.79 bits per heavy atom. The van der Waals surface area contributed by atoms with Crippen molar-refractivity contribution in [2.24, 2.45) is 28.6 Å². The smallest absolute Gasteiger partial charge is 0.306 e. The van der Waals surface area contributed by atoms with Gasteiger partial charge in [0, 0.05) is 46.9 Å². The SMILES string of the molecule is [2H]C([2H])(C(=O)O)C([2H])([2H])C(=O)OCC(=O)[C@@]1(O)CC[C@H]2[C@@H]3CCC4=CC(=O)CC[C@]4(C)[C@H]3CC[C@@]21C.[Na]. The molecule has 7 nitrogen and oxygen atoms in total. The van der Waals surface area contributed by atoms with Gasteiger partial charge in [-0.2, -0.15) is 0 Å². The van der Waals surface area contributed by atoms with Crippen LogP contribution in [0.1, 0.15) is 83.4 Å². The van der Waals surface area contributed by atoms with Crippen molar-refractivity contribution in [2.45, 2.75) is 83.6 Å². The summed E-state index contributed by atoms with van der Waals surface area (Å²) in [7, 11) is 0. The van der Waals surface area contributed by atoms with E-state index >= 15 is 0 Å². The molecule has 6 atom stereocenters. The summed E-state index contributed by atoms with van der Waals surface area (Å²) >= 11 is 0. The molecule has 2 N–H and O–H groups in total. The molecule has 0 aromatic carbocycles. The van der Waals surface area contributed by atoms with Crippen LogP contribution in [0.4, 0.5) is 0 Å². The van der Waals surface area contributed by atoms with Gasteiger partial charge >= 0.3 is 11.9 Å². The predicted molar refractivity (Wildman–Crippen MR) is 120 cm³/mol. The Bertz CT molecular complexity index is 1050. The number of aliphatic hydroxyl groups is 1. The molecule has 0 unspecified atom stereocenters. The third-order valence-corrected chi connectivity index (χ3v) is 9.18. The van der Waals surface area contributed by atoms with E-state index in [1.54, 1.807) is 0 Å². The van der Waals surface area contributed by atoms with Crippen LogP contribution in [-0.2, 0) is 23.9 Å². The van der Waals surface area contributed by atoms with Crippen LogP contribution in [0.15, 0.2) is 11.6 Å². The van der Waals surface area contributed by atoms with Crippen molar-refractivity contribution in [3.8, 4) is 0 Å². The number of fused-ring (bicyclic) bond motifs is 5. The van der Waals surface area contributed by atoms with Crippen molar-refractivity contribution in [1.82, 2.24) is 0 Å². The molecular weight excluding hydrogens is 435 g/mol. The number of esters is 1. The molecule has 4 aliphatic rings. The fourth-order valence-electron chi connectivity index (χ4n) is 7.42. The second-order valence-corrected chi connectivity index (χ2v) is 10.4. The summed E-state index contributed by atoms with van der Waals surface area (Å²) in [6.45, 7) is 3.16. The molecule has 0 heterocycles. The molecule has 0 aromatic heterocycles. The van der Waals surface area contributed by atoms with Gasteiger partial charge in [0.15, 0.2) is 12.4 Å². The van der Waals surface area contributed by atoms with Gasteiger partial charge in [0.1, 0.15) is 5.60 Å². The number of hydrogen-bond acceptors (Lipinski definition) is 6. The number of carbonyl (C=O) groups excluding carboxylic acids is 3. The number of hydrogen-bond donors (Lipinski definition) is 2. The summed E-state index contributed by atoms with van der Waals surface area (Å²) in [6.07, 6.45) is -0.0538. The van der Waals surface area contributed by atoms with E-state index in [9.17, 15) is 24.3 Å². The van der Waals surface area contributed by atoms with Gasteiger partial charge in [-0.1, -0.05) is 19.4 Å². The molecule has 0 amide bonds. The third kappa shape index (κ3) is 4.39. The Morgan fingerprint density at radius 3 is 2.48 bits per heavy atom. The molecule has 33 heavy (non-hydrogen) atoms. The van der Waals surface area contributed by atoms with Gasteiger partial charge in [-0.25, -0.2) is 0 Å². The van der Waals surface area contributed by atoms with Crippen molar-refractivity contribution < 1.29 is 39.6 Å². The van der Waals surface area contributed by atoms with Crippen LogP contribution in [-0.4, -0.2) is 75.5 Å². The number of ketones is 2. The minimum absolute atomic E-state index is 0. The summed E-state index contributed by atoms with van der Waals surface area (Å²) in [5.74, 6) is -3.88. The number of aliphatic carboxylic acids is 1. The minimum atomic E-state index is -3.55. The number of allylic oxidation sites excluding steroid dienone is 1. The van der Waals surface area contributed by atoms with Crippen LogP contribution in [0, 0.1) is 28.6 Å². The Kier molecular flexibility index (Phi) is 6.16. The summed E-state index contributed by atoms with van der Waals surface area (Å²) in [4.78, 5) is 48.5. The van der Waals surface area contributed by atoms with E-state index in [1.165, 1.54) is 5.57 Å². The number of Topliss-reactive ketones (excluding diaryl/α,β-unsaturated/α-hetero) is 1. The van der Waals surface area contributed by atoms with Gasteiger partial charge < -0.3 is 14.9 Å². The van der Waals surface area contributed by atoms with Crippen molar-refractivity contribution in [1.29, 1.82) is 0 Å². The number of rotatable bonds is 6. The summed E-state index contributed by atoms with van der Waals surface area (Å²) < 4.78 is 34.7. The average Bonchev–Trinajstić information content (AvgIpc) is 3.09. The molecule has 0 bridgehead atoms. The summed E-state index contributed by atoms with van der Waals surface area (Å²) in [6, 6.07) is 0. The molecule has 177 valence electrons. The van der Waals surface area contributed by atoms with Crippen molar-refractivity contribution >= 4 is 53.1 Å². The molecule has 0 aromatic rings. The summed E-state index contributed by atoms with van der Waals surface area (Å²) in [5.41, 5.74) is -1.40. The fraction of sp³-hybridized carbons (Fsp3) is 0.760. The predicted octanol–water partition coefficient (Wildman–Crippen LogP) is 2.85. The van der Waals surface area contributed by atoms with Gasteiger partial charge in [-0.15, -0.1) is 0 Å². The van der Waals surface area contributed by atoms with E-state index in [4.69, 9.17) is 15.3 Å². The molecule has 0 aliphatic heterocycles. The third-order valence-electron chi connectivity index (χ3n) is 9.18. The molecule has 4 rings (SSSR count). The monoisotopic (exact) mass is 473 g/mol. The Morgan fingerprint density at radius 1 is 1.09 bits per heavy atom. The van der Waals surface area contributed by atoms with Crippen LogP contribution < -0.4 is 0 Å². The fourth-order valence-corrected chi connectivity index (χ4v) is 7.42. The molecule has 0 spiro atoms. The maximum atomic E-state index is 13.2. The van der Waals surface area contributed by atoms with E-state index in [-0.39, 0.29) is 59.0 Å². The standard InChI is InChI=1S/C25H34O7.Na/c1-23-10-7-16(26)13-15(23)3-4-17-18(23)8-11-24(2)19(17)9-12-25(24,31)20(27)14-32-22(30)6-5-21(28)29;/h13,17-19,31H,3-12,14H2,1-2H3,(H,28,29);/t17-,18+,19+,23+,24+,25+;/m1./s1/i5D2,6D2;. The van der Waals surface area contributed by atoms with Gasteiger partial charge in [-0.05, 0) is 74.2 Å². The van der Waals surface area contributed by atoms with Crippen molar-refractivity contribution in [3.05, 3.63) is 11.6 Å².